The van der Waals surface area contributed by atoms with Gasteiger partial charge in [0.15, 0.2) is 8.32 Å². The predicted molar refractivity (Wildman–Crippen MR) is 54.1 cm³/mol. The maximum Gasteiger partial charge on any atom is 0.184 e. The van der Waals surface area contributed by atoms with Crippen molar-refractivity contribution in [2.45, 2.75) is 57.2 Å². The van der Waals surface area contributed by atoms with Crippen LogP contribution in [0.15, 0.2) is 0 Å². The van der Waals surface area contributed by atoms with Crippen molar-refractivity contribution in [3.63, 3.8) is 0 Å². The zero-order valence-corrected chi connectivity index (χ0v) is 9.66. The Kier molecular flexibility index (Phi) is 3.51. The van der Waals surface area contributed by atoms with E-state index in [4.69, 9.17) is 4.43 Å². The normalized spacial score (nSPS) is 36.2. The third kappa shape index (κ3) is 3.38. The molecule has 0 aromatic heterocycles. The molecule has 1 aliphatic rings. The lowest BCUT2D eigenvalue weighted by Gasteiger charge is -2.35. The van der Waals surface area contributed by atoms with Gasteiger partial charge in [-0.25, -0.2) is 0 Å². The topological polar surface area (TPSA) is 49.7 Å². The Morgan fingerprint density at radius 1 is 1.15 bits per heavy atom. The van der Waals surface area contributed by atoms with Crippen LogP contribution in [0.5, 0.6) is 0 Å². The Labute approximate surface area is 80.9 Å². The molecule has 0 radical (unpaired) electrons. The minimum Gasteiger partial charge on any atom is -0.412 e. The monoisotopic (exact) mass is 204 g/mol. The molecule has 78 valence electrons. The summed E-state index contributed by atoms with van der Waals surface area (Å²) in [5.41, 5.74) is 0. The fraction of sp³-hybridized carbons (Fsp3) is 1.00. The van der Waals surface area contributed by atoms with E-state index in [0.717, 1.165) is 12.8 Å². The second-order valence-corrected chi connectivity index (χ2v) is 9.22. The van der Waals surface area contributed by atoms with Crippen LogP contribution >= 0.6 is 0 Å². The van der Waals surface area contributed by atoms with Crippen molar-refractivity contribution in [3.8, 4) is 0 Å². The van der Waals surface area contributed by atoms with Gasteiger partial charge in [0.25, 0.3) is 0 Å². The van der Waals surface area contributed by atoms with Crippen LogP contribution in [0.2, 0.25) is 19.6 Å². The zero-order chi connectivity index (χ0) is 10.1. The molecule has 0 bridgehead atoms. The van der Waals surface area contributed by atoms with E-state index in [1.165, 1.54) is 0 Å². The lowest BCUT2D eigenvalue weighted by atomic mass is 9.92. The number of rotatable bonds is 2. The van der Waals surface area contributed by atoms with Crippen LogP contribution in [-0.4, -0.2) is 36.8 Å². The lowest BCUT2D eigenvalue weighted by molar-refractivity contribution is -0.0773. The molecule has 1 saturated carbocycles. The van der Waals surface area contributed by atoms with E-state index in [1.807, 2.05) is 0 Å². The SMILES string of the molecule is C[Si](C)(C)O[C@@H]1CCC[C@@H](O)[C@H]1O. The Bertz CT molecular complexity index is 167. The summed E-state index contributed by atoms with van der Waals surface area (Å²) in [5, 5.41) is 19.1. The van der Waals surface area contributed by atoms with Gasteiger partial charge in [-0.15, -0.1) is 0 Å². The highest BCUT2D eigenvalue weighted by Gasteiger charge is 2.33. The van der Waals surface area contributed by atoms with Gasteiger partial charge in [-0.3, -0.25) is 0 Å². The highest BCUT2D eigenvalue weighted by Crippen LogP contribution is 2.24. The first-order chi connectivity index (χ1) is 5.90. The summed E-state index contributed by atoms with van der Waals surface area (Å²) < 4.78 is 5.79. The van der Waals surface area contributed by atoms with Crippen molar-refractivity contribution in [1.82, 2.24) is 0 Å². The molecule has 3 atom stereocenters. The molecule has 0 aliphatic heterocycles. The second kappa shape index (κ2) is 4.08. The van der Waals surface area contributed by atoms with Gasteiger partial charge in [-0.2, -0.15) is 0 Å². The van der Waals surface area contributed by atoms with Gasteiger partial charge in [0.2, 0.25) is 0 Å². The first-order valence-corrected chi connectivity index (χ1v) is 8.35. The summed E-state index contributed by atoms with van der Waals surface area (Å²) in [5.74, 6) is 0. The van der Waals surface area contributed by atoms with Crippen molar-refractivity contribution < 1.29 is 14.6 Å². The van der Waals surface area contributed by atoms with Crippen LogP contribution in [0.3, 0.4) is 0 Å². The quantitative estimate of drug-likeness (QED) is 0.663. The van der Waals surface area contributed by atoms with Crippen molar-refractivity contribution in [2.24, 2.45) is 0 Å². The van der Waals surface area contributed by atoms with Crippen LogP contribution in [0.4, 0.5) is 0 Å². The summed E-state index contributed by atoms with van der Waals surface area (Å²) in [4.78, 5) is 0. The number of hydrogen-bond acceptors (Lipinski definition) is 3. The second-order valence-electron chi connectivity index (χ2n) is 4.76. The van der Waals surface area contributed by atoms with Crippen LogP contribution in [0.25, 0.3) is 0 Å². The summed E-state index contributed by atoms with van der Waals surface area (Å²) >= 11 is 0. The largest absolute Gasteiger partial charge is 0.412 e. The van der Waals surface area contributed by atoms with Gasteiger partial charge < -0.3 is 14.6 Å². The molecule has 2 N–H and O–H groups in total. The first kappa shape index (κ1) is 11.2. The third-order valence-electron chi connectivity index (χ3n) is 2.27. The van der Waals surface area contributed by atoms with E-state index in [9.17, 15) is 10.2 Å². The van der Waals surface area contributed by atoms with Gasteiger partial charge in [0.05, 0.1) is 12.2 Å². The molecule has 1 aliphatic carbocycles. The molecule has 4 heteroatoms. The summed E-state index contributed by atoms with van der Waals surface area (Å²) in [6.45, 7) is 6.29. The van der Waals surface area contributed by atoms with E-state index in [-0.39, 0.29) is 6.10 Å². The van der Waals surface area contributed by atoms with Gasteiger partial charge in [-0.05, 0) is 38.9 Å². The Morgan fingerprint density at radius 2 is 1.77 bits per heavy atom. The van der Waals surface area contributed by atoms with E-state index in [2.05, 4.69) is 19.6 Å². The molecule has 1 fully saturated rings. The van der Waals surface area contributed by atoms with Gasteiger partial charge in [0.1, 0.15) is 6.10 Å². The smallest absolute Gasteiger partial charge is 0.184 e. The van der Waals surface area contributed by atoms with Crippen molar-refractivity contribution in [2.75, 3.05) is 0 Å². The number of hydrogen-bond donors (Lipinski definition) is 2. The highest BCUT2D eigenvalue weighted by molar-refractivity contribution is 6.69. The minimum absolute atomic E-state index is 0.143. The van der Waals surface area contributed by atoms with Crippen molar-refractivity contribution >= 4 is 8.32 Å². The molecule has 0 aromatic rings. The molecule has 3 nitrogen and oxygen atoms in total. The molecular weight excluding hydrogens is 184 g/mol. The number of aliphatic hydroxyl groups is 2. The highest BCUT2D eigenvalue weighted by atomic mass is 28.4. The standard InChI is InChI=1S/C9H20O3Si/c1-13(2,3)12-8-6-4-5-7(10)9(8)11/h7-11H,4-6H2,1-3H3/t7-,8-,9-/m1/s1. The fourth-order valence-corrected chi connectivity index (χ4v) is 2.87. The van der Waals surface area contributed by atoms with E-state index < -0.39 is 20.5 Å². The summed E-state index contributed by atoms with van der Waals surface area (Å²) in [6, 6.07) is 0. The maximum absolute atomic E-state index is 9.65. The molecule has 0 aromatic carbocycles. The van der Waals surface area contributed by atoms with Gasteiger partial charge >= 0.3 is 0 Å². The Balaban J connectivity index is 2.49. The van der Waals surface area contributed by atoms with Crippen molar-refractivity contribution in [1.29, 1.82) is 0 Å². The van der Waals surface area contributed by atoms with Crippen LogP contribution in [-0.2, 0) is 4.43 Å². The Hall–Kier alpha value is 0.0969. The van der Waals surface area contributed by atoms with Crippen LogP contribution < -0.4 is 0 Å². The average Bonchev–Trinajstić information content (AvgIpc) is 1.96. The van der Waals surface area contributed by atoms with E-state index in [1.54, 1.807) is 0 Å². The van der Waals surface area contributed by atoms with E-state index in [0.29, 0.717) is 6.42 Å². The Morgan fingerprint density at radius 3 is 2.31 bits per heavy atom. The fourth-order valence-electron chi connectivity index (χ4n) is 1.70. The minimum atomic E-state index is -1.59. The van der Waals surface area contributed by atoms with Crippen LogP contribution in [0.1, 0.15) is 19.3 Å². The molecule has 0 spiro atoms. The summed E-state index contributed by atoms with van der Waals surface area (Å²) in [7, 11) is -1.59. The molecule has 1 rings (SSSR count). The third-order valence-corrected chi connectivity index (χ3v) is 3.28. The molecule has 0 saturated heterocycles. The molecular formula is C9H20O3Si. The molecule has 0 amide bonds. The molecule has 0 unspecified atom stereocenters. The zero-order valence-electron chi connectivity index (χ0n) is 8.66. The molecule has 13 heavy (non-hydrogen) atoms. The average molecular weight is 204 g/mol. The van der Waals surface area contributed by atoms with Crippen molar-refractivity contribution in [3.05, 3.63) is 0 Å². The number of aliphatic hydroxyl groups excluding tert-OH is 2. The predicted octanol–water partition coefficient (Wildman–Crippen LogP) is 1.11. The van der Waals surface area contributed by atoms with E-state index >= 15 is 0 Å². The maximum atomic E-state index is 9.65. The van der Waals surface area contributed by atoms with Gasteiger partial charge in [-0.1, -0.05) is 0 Å². The van der Waals surface area contributed by atoms with Gasteiger partial charge in [0, 0.05) is 0 Å². The van der Waals surface area contributed by atoms with Crippen LogP contribution in [0, 0.1) is 0 Å². The first-order valence-electron chi connectivity index (χ1n) is 4.94. The lowest BCUT2D eigenvalue weighted by Crippen LogP contribution is -2.47. The summed E-state index contributed by atoms with van der Waals surface area (Å²) in [6.07, 6.45) is 1.12. The molecule has 0 heterocycles.